The zero-order chi connectivity index (χ0) is 16.9. The molecule has 2 aromatic carbocycles. The average molecular weight is 359 g/mol. The van der Waals surface area contributed by atoms with Gasteiger partial charge < -0.3 is 11.1 Å². The molecule has 3 aromatic rings. The number of hydrogen-bond acceptors (Lipinski definition) is 4. The van der Waals surface area contributed by atoms with Crippen LogP contribution in [0.5, 0.6) is 0 Å². The van der Waals surface area contributed by atoms with Crippen LogP contribution in [-0.4, -0.2) is 16.5 Å². The highest BCUT2D eigenvalue weighted by Gasteiger charge is 2.08. The van der Waals surface area contributed by atoms with Crippen LogP contribution in [0.15, 0.2) is 60.9 Å². The number of anilines is 1. The highest BCUT2D eigenvalue weighted by molar-refractivity contribution is 6.42. The summed E-state index contributed by atoms with van der Waals surface area (Å²) in [6, 6.07) is 17.1. The van der Waals surface area contributed by atoms with E-state index in [4.69, 9.17) is 28.9 Å². The van der Waals surface area contributed by atoms with Gasteiger partial charge in [0.15, 0.2) is 0 Å². The molecular formula is C18H16Cl2N4. The molecule has 1 aromatic heterocycles. The molecule has 1 heterocycles. The molecule has 0 saturated heterocycles. The summed E-state index contributed by atoms with van der Waals surface area (Å²) in [6.07, 6.45) is 1.51. The summed E-state index contributed by atoms with van der Waals surface area (Å²) >= 11 is 12.0. The number of aromatic nitrogens is 2. The Morgan fingerprint density at radius 2 is 1.75 bits per heavy atom. The van der Waals surface area contributed by atoms with Crippen molar-refractivity contribution in [1.29, 1.82) is 0 Å². The van der Waals surface area contributed by atoms with Crippen molar-refractivity contribution in [2.75, 3.05) is 11.9 Å². The summed E-state index contributed by atoms with van der Waals surface area (Å²) in [6.45, 7) is 0.571. The third kappa shape index (κ3) is 4.03. The number of hydrogen-bond donors (Lipinski definition) is 2. The van der Waals surface area contributed by atoms with Gasteiger partial charge in [-0.2, -0.15) is 0 Å². The molecule has 6 heteroatoms. The van der Waals surface area contributed by atoms with Crippen LogP contribution in [0.3, 0.4) is 0 Å². The lowest BCUT2D eigenvalue weighted by atomic mass is 10.1. The molecule has 3 N–H and O–H groups in total. The van der Waals surface area contributed by atoms with E-state index in [1.807, 2.05) is 42.5 Å². The fourth-order valence-electron chi connectivity index (χ4n) is 2.30. The van der Waals surface area contributed by atoms with Crippen LogP contribution in [0.1, 0.15) is 11.6 Å². The van der Waals surface area contributed by atoms with E-state index in [1.165, 1.54) is 6.33 Å². The van der Waals surface area contributed by atoms with Crippen molar-refractivity contribution in [3.05, 3.63) is 76.5 Å². The predicted molar refractivity (Wildman–Crippen MR) is 99.3 cm³/mol. The molecule has 0 fully saturated rings. The molecule has 0 radical (unpaired) electrons. The lowest BCUT2D eigenvalue weighted by Crippen LogP contribution is -2.20. The molecule has 0 spiro atoms. The largest absolute Gasteiger partial charge is 0.368 e. The molecule has 3 rings (SSSR count). The third-order valence-electron chi connectivity index (χ3n) is 3.61. The number of nitrogens with two attached hydrogens (primary N) is 1. The maximum atomic E-state index is 6.19. The first kappa shape index (κ1) is 16.7. The lowest BCUT2D eigenvalue weighted by Gasteiger charge is -2.14. The van der Waals surface area contributed by atoms with E-state index in [1.54, 1.807) is 12.1 Å². The molecule has 0 aliphatic heterocycles. The third-order valence-corrected chi connectivity index (χ3v) is 4.35. The fourth-order valence-corrected chi connectivity index (χ4v) is 2.60. The standard InChI is InChI=1S/C18H16Cl2N4/c19-14-7-6-13(8-15(14)20)17-9-18(24-11-23-17)22-10-16(21)12-4-2-1-3-5-12/h1-9,11,16H,10,21H2,(H,22,23,24)/t16-/m0/s1. The van der Waals surface area contributed by atoms with Crippen LogP contribution in [0.4, 0.5) is 5.82 Å². The van der Waals surface area contributed by atoms with Gasteiger partial charge in [-0.3, -0.25) is 0 Å². The van der Waals surface area contributed by atoms with E-state index in [2.05, 4.69) is 15.3 Å². The number of nitrogens with zero attached hydrogens (tertiary/aromatic N) is 2. The fraction of sp³-hybridized carbons (Fsp3) is 0.111. The van der Waals surface area contributed by atoms with E-state index < -0.39 is 0 Å². The molecule has 0 aliphatic carbocycles. The Morgan fingerprint density at radius 1 is 0.958 bits per heavy atom. The first-order valence-electron chi connectivity index (χ1n) is 7.45. The monoisotopic (exact) mass is 358 g/mol. The second-order valence-corrected chi connectivity index (χ2v) is 6.13. The minimum atomic E-state index is -0.116. The van der Waals surface area contributed by atoms with Crippen LogP contribution in [-0.2, 0) is 0 Å². The minimum Gasteiger partial charge on any atom is -0.368 e. The van der Waals surface area contributed by atoms with Crippen molar-refractivity contribution < 1.29 is 0 Å². The number of nitrogens with one attached hydrogen (secondary N) is 1. The summed E-state index contributed by atoms with van der Waals surface area (Å²) in [5.41, 5.74) is 8.90. The highest BCUT2D eigenvalue weighted by atomic mass is 35.5. The molecule has 0 saturated carbocycles. The molecule has 4 nitrogen and oxygen atoms in total. The lowest BCUT2D eigenvalue weighted by molar-refractivity contribution is 0.761. The Hall–Kier alpha value is -2.14. The van der Waals surface area contributed by atoms with Gasteiger partial charge in [0, 0.05) is 24.2 Å². The zero-order valence-corrected chi connectivity index (χ0v) is 14.3. The highest BCUT2D eigenvalue weighted by Crippen LogP contribution is 2.28. The summed E-state index contributed by atoms with van der Waals surface area (Å²) in [5.74, 6) is 0.706. The van der Waals surface area contributed by atoms with Gasteiger partial charge in [0.05, 0.1) is 15.7 Å². The van der Waals surface area contributed by atoms with Gasteiger partial charge in [-0.05, 0) is 17.7 Å². The van der Waals surface area contributed by atoms with E-state index >= 15 is 0 Å². The van der Waals surface area contributed by atoms with E-state index in [9.17, 15) is 0 Å². The number of benzene rings is 2. The topological polar surface area (TPSA) is 63.8 Å². The first-order valence-corrected chi connectivity index (χ1v) is 8.21. The Kier molecular flexibility index (Phi) is 5.30. The Morgan fingerprint density at radius 3 is 2.50 bits per heavy atom. The Labute approximate surface area is 150 Å². The second kappa shape index (κ2) is 7.62. The molecule has 0 unspecified atom stereocenters. The summed E-state index contributed by atoms with van der Waals surface area (Å²) in [4.78, 5) is 8.52. The van der Waals surface area contributed by atoms with Gasteiger partial charge in [0.25, 0.3) is 0 Å². The van der Waals surface area contributed by atoms with Crippen LogP contribution in [0.2, 0.25) is 10.0 Å². The van der Waals surface area contributed by atoms with E-state index in [0.717, 1.165) is 16.8 Å². The van der Waals surface area contributed by atoms with Crippen molar-refractivity contribution in [2.24, 2.45) is 5.73 Å². The van der Waals surface area contributed by atoms with Crippen molar-refractivity contribution >= 4 is 29.0 Å². The molecular weight excluding hydrogens is 343 g/mol. The maximum Gasteiger partial charge on any atom is 0.130 e. The van der Waals surface area contributed by atoms with Gasteiger partial charge in [0.2, 0.25) is 0 Å². The predicted octanol–water partition coefficient (Wildman–Crippen LogP) is 4.56. The molecule has 122 valence electrons. The summed E-state index contributed by atoms with van der Waals surface area (Å²) in [5, 5.41) is 4.25. The maximum absolute atomic E-state index is 6.19. The minimum absolute atomic E-state index is 0.116. The zero-order valence-electron chi connectivity index (χ0n) is 12.8. The van der Waals surface area contributed by atoms with E-state index in [0.29, 0.717) is 22.4 Å². The first-order chi connectivity index (χ1) is 11.6. The van der Waals surface area contributed by atoms with Gasteiger partial charge in [0.1, 0.15) is 12.1 Å². The normalized spacial score (nSPS) is 12.0. The van der Waals surface area contributed by atoms with Crippen molar-refractivity contribution in [3.63, 3.8) is 0 Å². The number of halogens is 2. The van der Waals surface area contributed by atoms with Crippen molar-refractivity contribution in [2.45, 2.75) is 6.04 Å². The van der Waals surface area contributed by atoms with Crippen LogP contribution in [0, 0.1) is 0 Å². The Balaban J connectivity index is 1.72. The molecule has 1 atom stereocenters. The van der Waals surface area contributed by atoms with Gasteiger partial charge in [-0.25, -0.2) is 9.97 Å². The molecule has 0 amide bonds. The summed E-state index contributed by atoms with van der Waals surface area (Å²) < 4.78 is 0. The van der Waals surface area contributed by atoms with Gasteiger partial charge in [-0.15, -0.1) is 0 Å². The molecule has 24 heavy (non-hydrogen) atoms. The summed E-state index contributed by atoms with van der Waals surface area (Å²) in [7, 11) is 0. The van der Waals surface area contributed by atoms with Crippen LogP contribution < -0.4 is 11.1 Å². The quantitative estimate of drug-likeness (QED) is 0.701. The Bertz CT molecular complexity index is 824. The second-order valence-electron chi connectivity index (χ2n) is 5.32. The van der Waals surface area contributed by atoms with Crippen LogP contribution in [0.25, 0.3) is 11.3 Å². The van der Waals surface area contributed by atoms with Crippen molar-refractivity contribution in [3.8, 4) is 11.3 Å². The van der Waals surface area contributed by atoms with Gasteiger partial charge >= 0.3 is 0 Å². The van der Waals surface area contributed by atoms with E-state index in [-0.39, 0.29) is 6.04 Å². The SMILES string of the molecule is N[C@@H](CNc1cc(-c2ccc(Cl)c(Cl)c2)ncn1)c1ccccc1. The molecule has 0 aliphatic rings. The average Bonchev–Trinajstić information content (AvgIpc) is 2.63. The smallest absolute Gasteiger partial charge is 0.130 e. The van der Waals surface area contributed by atoms with Gasteiger partial charge in [-0.1, -0.05) is 59.6 Å². The number of rotatable bonds is 5. The van der Waals surface area contributed by atoms with Crippen LogP contribution >= 0.6 is 23.2 Å². The molecule has 0 bridgehead atoms. The van der Waals surface area contributed by atoms with Crippen molar-refractivity contribution in [1.82, 2.24) is 9.97 Å².